The molecule has 2 amide bonds. The third-order valence-corrected chi connectivity index (χ3v) is 5.23. The van der Waals surface area contributed by atoms with E-state index >= 15 is 0 Å². The van der Waals surface area contributed by atoms with Crippen molar-refractivity contribution in [2.45, 2.75) is 13.0 Å². The highest BCUT2D eigenvalue weighted by Crippen LogP contribution is 2.30. The first-order chi connectivity index (χ1) is 13.5. The number of rotatable bonds is 2. The Kier molecular flexibility index (Phi) is 5.07. The number of carbonyl (C=O) groups is 1. The molecule has 2 aromatic carbocycles. The molecule has 0 saturated carbocycles. The maximum atomic E-state index is 12.6. The van der Waals surface area contributed by atoms with Crippen LogP contribution in [0.4, 0.5) is 10.5 Å². The number of nitrogens with one attached hydrogen (secondary N) is 2. The minimum atomic E-state index is -0.368. The average Bonchev–Trinajstić information content (AvgIpc) is 2.71. The Bertz CT molecular complexity index is 1080. The van der Waals surface area contributed by atoms with E-state index in [0.717, 1.165) is 5.56 Å². The first kappa shape index (κ1) is 18.5. The Hall–Kier alpha value is -2.83. The molecule has 2 N–H and O–H groups in total. The van der Waals surface area contributed by atoms with Crippen molar-refractivity contribution in [3.63, 3.8) is 0 Å². The summed E-state index contributed by atoms with van der Waals surface area (Å²) in [5.74, 6) is 0.533. The lowest BCUT2D eigenvalue weighted by atomic mass is 10.1. The molecule has 142 valence electrons. The van der Waals surface area contributed by atoms with Crippen LogP contribution in [0.25, 0.3) is 11.4 Å². The van der Waals surface area contributed by atoms with Crippen LogP contribution in [0.2, 0.25) is 10.0 Å². The van der Waals surface area contributed by atoms with Gasteiger partial charge in [-0.15, -0.1) is 0 Å². The minimum Gasteiger partial charge on any atom is -0.320 e. The number of nitrogens with zero attached hydrogens (tertiary/aromatic N) is 2. The number of carbonyl (C=O) groups excluding carboxylic acids is 1. The van der Waals surface area contributed by atoms with Crippen molar-refractivity contribution in [1.82, 2.24) is 14.9 Å². The van der Waals surface area contributed by atoms with Crippen LogP contribution in [0.5, 0.6) is 0 Å². The Labute approximate surface area is 171 Å². The molecule has 0 unspecified atom stereocenters. The molecule has 28 heavy (non-hydrogen) atoms. The summed E-state index contributed by atoms with van der Waals surface area (Å²) in [7, 11) is 0. The number of para-hydroxylation sites is 1. The maximum Gasteiger partial charge on any atom is 0.322 e. The van der Waals surface area contributed by atoms with Gasteiger partial charge < -0.3 is 15.2 Å². The largest absolute Gasteiger partial charge is 0.322 e. The molecule has 0 bridgehead atoms. The quantitative estimate of drug-likeness (QED) is 0.654. The lowest BCUT2D eigenvalue weighted by Crippen LogP contribution is -2.41. The number of hydrogen-bond donors (Lipinski definition) is 2. The molecule has 0 fully saturated rings. The molecular formula is C20H16Cl2N4O2. The molecule has 2 heterocycles. The fourth-order valence-electron chi connectivity index (χ4n) is 3.13. The second kappa shape index (κ2) is 7.66. The van der Waals surface area contributed by atoms with E-state index in [2.05, 4.69) is 15.3 Å². The van der Waals surface area contributed by atoms with Crippen molar-refractivity contribution in [3.8, 4) is 11.4 Å². The molecule has 0 spiro atoms. The second-order valence-corrected chi connectivity index (χ2v) is 7.22. The molecule has 3 aromatic rings. The van der Waals surface area contributed by atoms with Gasteiger partial charge in [0.15, 0.2) is 0 Å². The molecule has 4 rings (SSSR count). The topological polar surface area (TPSA) is 78.1 Å². The van der Waals surface area contributed by atoms with Gasteiger partial charge in [-0.1, -0.05) is 59.6 Å². The average molecular weight is 415 g/mol. The summed E-state index contributed by atoms with van der Waals surface area (Å²) in [6, 6.07) is 14.1. The number of halogens is 2. The van der Waals surface area contributed by atoms with Crippen molar-refractivity contribution in [1.29, 1.82) is 0 Å². The summed E-state index contributed by atoms with van der Waals surface area (Å²) in [6.45, 7) is 0.603. The number of fused-ring (bicyclic) bond motifs is 1. The Morgan fingerprint density at radius 3 is 2.50 bits per heavy atom. The van der Waals surface area contributed by atoms with Crippen LogP contribution in [0.3, 0.4) is 0 Å². The first-order valence-corrected chi connectivity index (χ1v) is 9.46. The van der Waals surface area contributed by atoms with Crippen LogP contribution < -0.4 is 10.9 Å². The monoisotopic (exact) mass is 414 g/mol. The van der Waals surface area contributed by atoms with Gasteiger partial charge in [-0.2, -0.15) is 0 Å². The van der Waals surface area contributed by atoms with Crippen LogP contribution in [0.1, 0.15) is 11.3 Å². The van der Waals surface area contributed by atoms with Gasteiger partial charge in [0.25, 0.3) is 5.56 Å². The third kappa shape index (κ3) is 3.61. The molecule has 6 nitrogen and oxygen atoms in total. The van der Waals surface area contributed by atoms with Crippen molar-refractivity contribution < 1.29 is 4.79 Å². The molecule has 0 saturated heterocycles. The zero-order valence-corrected chi connectivity index (χ0v) is 16.2. The van der Waals surface area contributed by atoms with Crippen molar-refractivity contribution in [2.24, 2.45) is 0 Å². The standard InChI is InChI=1S/C20H16Cl2N4O2/c21-14-7-4-8-15(22)17(14)24-20(28)26-10-9-16-13(11-26)19(27)25-18(23-16)12-5-2-1-3-6-12/h1-8H,9-11H2,(H,24,28)(H,23,25,27). The molecule has 0 aliphatic carbocycles. The Balaban J connectivity index is 1.57. The van der Waals surface area contributed by atoms with Crippen molar-refractivity contribution >= 4 is 34.9 Å². The number of amides is 2. The predicted molar refractivity (Wildman–Crippen MR) is 110 cm³/mol. The van der Waals surface area contributed by atoms with E-state index in [0.29, 0.717) is 45.8 Å². The van der Waals surface area contributed by atoms with Crippen molar-refractivity contribution in [2.75, 3.05) is 11.9 Å². The molecule has 1 aliphatic rings. The summed E-state index contributed by atoms with van der Waals surface area (Å²) >= 11 is 12.2. The van der Waals surface area contributed by atoms with E-state index in [1.165, 1.54) is 0 Å². The molecular weight excluding hydrogens is 399 g/mol. The van der Waals surface area contributed by atoms with Crippen LogP contribution in [-0.4, -0.2) is 27.4 Å². The summed E-state index contributed by atoms with van der Waals surface area (Å²) in [5.41, 5.74) is 2.16. The zero-order valence-electron chi connectivity index (χ0n) is 14.7. The molecule has 8 heteroatoms. The van der Waals surface area contributed by atoms with Crippen molar-refractivity contribution in [3.05, 3.63) is 80.2 Å². The Morgan fingerprint density at radius 1 is 1.07 bits per heavy atom. The van der Waals surface area contributed by atoms with Gasteiger partial charge in [0.05, 0.1) is 33.5 Å². The molecule has 1 aliphatic heterocycles. The highest BCUT2D eigenvalue weighted by atomic mass is 35.5. The van der Waals surface area contributed by atoms with E-state index in [9.17, 15) is 9.59 Å². The molecule has 0 atom stereocenters. The number of hydrogen-bond acceptors (Lipinski definition) is 3. The number of urea groups is 1. The zero-order chi connectivity index (χ0) is 19.7. The minimum absolute atomic E-state index is 0.167. The number of benzene rings is 2. The number of aromatic amines is 1. The van der Waals surface area contributed by atoms with Crippen LogP contribution in [-0.2, 0) is 13.0 Å². The highest BCUT2D eigenvalue weighted by Gasteiger charge is 2.25. The number of H-pyrrole nitrogens is 1. The van der Waals surface area contributed by atoms with E-state index in [4.69, 9.17) is 23.2 Å². The summed E-state index contributed by atoms with van der Waals surface area (Å²) in [5, 5.41) is 3.43. The Morgan fingerprint density at radius 2 is 1.79 bits per heavy atom. The fourth-order valence-corrected chi connectivity index (χ4v) is 3.63. The number of anilines is 1. The van der Waals surface area contributed by atoms with E-state index in [1.54, 1.807) is 23.1 Å². The third-order valence-electron chi connectivity index (χ3n) is 4.60. The number of aromatic nitrogens is 2. The first-order valence-electron chi connectivity index (χ1n) is 8.70. The van der Waals surface area contributed by atoms with Gasteiger partial charge in [-0.3, -0.25) is 4.79 Å². The van der Waals surface area contributed by atoms with Gasteiger partial charge in [0.1, 0.15) is 5.82 Å². The summed E-state index contributed by atoms with van der Waals surface area (Å²) < 4.78 is 0. The van der Waals surface area contributed by atoms with Crippen LogP contribution in [0, 0.1) is 0 Å². The fraction of sp³-hybridized carbons (Fsp3) is 0.150. The smallest absolute Gasteiger partial charge is 0.320 e. The van der Waals surface area contributed by atoms with E-state index < -0.39 is 0 Å². The van der Waals surface area contributed by atoms with Gasteiger partial charge in [0.2, 0.25) is 0 Å². The second-order valence-electron chi connectivity index (χ2n) is 6.40. The van der Waals surface area contributed by atoms with E-state index in [1.807, 2.05) is 30.3 Å². The van der Waals surface area contributed by atoms with Gasteiger partial charge in [0, 0.05) is 18.5 Å². The lowest BCUT2D eigenvalue weighted by molar-refractivity contribution is 0.205. The highest BCUT2D eigenvalue weighted by molar-refractivity contribution is 6.39. The van der Waals surface area contributed by atoms with Gasteiger partial charge >= 0.3 is 6.03 Å². The van der Waals surface area contributed by atoms with Crippen LogP contribution >= 0.6 is 23.2 Å². The van der Waals surface area contributed by atoms with Gasteiger partial charge in [-0.25, -0.2) is 9.78 Å². The van der Waals surface area contributed by atoms with Crippen LogP contribution in [0.15, 0.2) is 53.3 Å². The maximum absolute atomic E-state index is 12.6. The van der Waals surface area contributed by atoms with Gasteiger partial charge in [-0.05, 0) is 12.1 Å². The lowest BCUT2D eigenvalue weighted by Gasteiger charge is -2.28. The normalized spacial score (nSPS) is 13.1. The predicted octanol–water partition coefficient (Wildman–Crippen LogP) is 4.33. The van der Waals surface area contributed by atoms with E-state index in [-0.39, 0.29) is 18.1 Å². The SMILES string of the molecule is O=C(Nc1c(Cl)cccc1Cl)N1CCc2nc(-c3ccccc3)[nH]c(=O)c2C1. The summed E-state index contributed by atoms with van der Waals surface area (Å²) in [4.78, 5) is 34.2. The summed E-state index contributed by atoms with van der Waals surface area (Å²) in [6.07, 6.45) is 0.489. The molecule has 1 aromatic heterocycles. The molecule has 0 radical (unpaired) electrons.